The van der Waals surface area contributed by atoms with Gasteiger partial charge in [0.2, 0.25) is 0 Å². The number of phosphoric acid groups is 1. The van der Waals surface area contributed by atoms with Gasteiger partial charge < -0.3 is 18.9 Å². The molecule has 0 aliphatic heterocycles. The van der Waals surface area contributed by atoms with Gasteiger partial charge in [0.1, 0.15) is 19.8 Å². The molecule has 0 bridgehead atoms. The van der Waals surface area contributed by atoms with Crippen LogP contribution in [0.4, 0.5) is 0 Å². The van der Waals surface area contributed by atoms with Crippen molar-refractivity contribution in [2.75, 3.05) is 47.5 Å². The van der Waals surface area contributed by atoms with Crippen molar-refractivity contribution in [1.82, 2.24) is 0 Å². The maximum atomic E-state index is 12.9. The SMILES string of the molecule is CC/C=C\C/C=C\C/C=C\C/C=C\C/C=C\C/C=C\C/C=C\C/C=C\CCCCCCCCC(=O)OC(COC(=O)CCCCCCCCCCCCCCCCC/C=C\CCCCCCCCCC)COP(=O)(O)OCC[N+](C)(C)C. The van der Waals surface area contributed by atoms with Crippen LogP contribution in [-0.2, 0) is 32.7 Å². The highest BCUT2D eigenvalue weighted by Crippen LogP contribution is 2.43. The normalized spacial score (nSPS) is 13.9. The van der Waals surface area contributed by atoms with Crippen molar-refractivity contribution in [3.63, 3.8) is 0 Å². The molecule has 0 radical (unpaired) electrons. The smallest absolute Gasteiger partial charge is 0.462 e. The lowest BCUT2D eigenvalue weighted by atomic mass is 10.0. The molecule has 0 aliphatic rings. The van der Waals surface area contributed by atoms with Crippen LogP contribution < -0.4 is 0 Å². The summed E-state index contributed by atoms with van der Waals surface area (Å²) in [6, 6.07) is 0. The van der Waals surface area contributed by atoms with Crippen molar-refractivity contribution >= 4 is 19.8 Å². The van der Waals surface area contributed by atoms with E-state index in [0.29, 0.717) is 17.4 Å². The summed E-state index contributed by atoms with van der Waals surface area (Å²) in [5, 5.41) is 0. The lowest BCUT2D eigenvalue weighted by Crippen LogP contribution is -2.37. The number of likely N-dealkylation sites (N-methyl/N-ethyl adjacent to an activating group) is 1. The van der Waals surface area contributed by atoms with Crippen molar-refractivity contribution in [2.24, 2.45) is 0 Å². The number of ether oxygens (including phenoxy) is 2. The number of carbonyl (C=O) groups excluding carboxylic acids is 2. The van der Waals surface area contributed by atoms with Crippen LogP contribution >= 0.6 is 7.82 Å². The van der Waals surface area contributed by atoms with E-state index in [1.165, 1.54) is 141 Å². The van der Waals surface area contributed by atoms with Gasteiger partial charge in [0.15, 0.2) is 6.10 Å². The summed E-state index contributed by atoms with van der Waals surface area (Å²) in [7, 11) is 1.46. The average molecular weight is 1170 g/mol. The number of rotatable bonds is 61. The van der Waals surface area contributed by atoms with Gasteiger partial charge in [0.25, 0.3) is 0 Å². The third-order valence-corrected chi connectivity index (χ3v) is 15.3. The first-order valence-electron chi connectivity index (χ1n) is 33.6. The highest BCUT2D eigenvalue weighted by molar-refractivity contribution is 7.47. The fourth-order valence-electron chi connectivity index (χ4n) is 9.15. The molecule has 0 aromatic heterocycles. The summed E-state index contributed by atoms with van der Waals surface area (Å²) in [5.41, 5.74) is 0. The second kappa shape index (κ2) is 62.2. The zero-order valence-electron chi connectivity index (χ0n) is 53.7. The molecular weight excluding hydrogens is 1040 g/mol. The van der Waals surface area contributed by atoms with Gasteiger partial charge in [0, 0.05) is 12.8 Å². The molecule has 0 amide bonds. The largest absolute Gasteiger partial charge is 0.472 e. The van der Waals surface area contributed by atoms with Crippen LogP contribution in [0.5, 0.6) is 0 Å². The molecule has 0 aromatic carbocycles. The van der Waals surface area contributed by atoms with E-state index in [9.17, 15) is 19.0 Å². The van der Waals surface area contributed by atoms with Crippen molar-refractivity contribution in [2.45, 2.75) is 290 Å². The lowest BCUT2D eigenvalue weighted by molar-refractivity contribution is -0.870. The Labute approximate surface area is 506 Å². The van der Waals surface area contributed by atoms with Gasteiger partial charge in [-0.2, -0.15) is 0 Å². The van der Waals surface area contributed by atoms with Gasteiger partial charge in [-0.1, -0.05) is 277 Å². The molecule has 1 N–H and O–H groups in total. The van der Waals surface area contributed by atoms with E-state index in [-0.39, 0.29) is 32.0 Å². The molecule has 0 rings (SSSR count). The summed E-state index contributed by atoms with van der Waals surface area (Å²) in [6.45, 7) is 4.32. The summed E-state index contributed by atoms with van der Waals surface area (Å²) >= 11 is 0. The summed E-state index contributed by atoms with van der Waals surface area (Å²) < 4.78 is 34.7. The summed E-state index contributed by atoms with van der Waals surface area (Å²) in [6.07, 6.45) is 87.5. The van der Waals surface area contributed by atoms with Crippen LogP contribution in [0.25, 0.3) is 0 Å². The first-order chi connectivity index (χ1) is 40.0. The molecule has 0 heterocycles. The first-order valence-corrected chi connectivity index (χ1v) is 35.1. The number of allylic oxidation sites excluding steroid dienone is 18. The first kappa shape index (κ1) is 78.7. The Kier molecular flexibility index (Phi) is 59.7. The second-order valence-corrected chi connectivity index (χ2v) is 24.9. The minimum absolute atomic E-state index is 0.0240. The van der Waals surface area contributed by atoms with Gasteiger partial charge in [0.05, 0.1) is 27.7 Å². The van der Waals surface area contributed by atoms with Crippen LogP contribution in [0.2, 0.25) is 0 Å². The molecule has 0 aromatic rings. The second-order valence-electron chi connectivity index (χ2n) is 23.5. The molecule has 2 atom stereocenters. The van der Waals surface area contributed by atoms with Crippen LogP contribution in [0.1, 0.15) is 284 Å². The Morgan fingerprint density at radius 1 is 0.390 bits per heavy atom. The van der Waals surface area contributed by atoms with E-state index < -0.39 is 26.5 Å². The number of quaternary nitrogens is 1. The molecule has 0 saturated carbocycles. The topological polar surface area (TPSA) is 108 Å². The zero-order chi connectivity index (χ0) is 59.8. The average Bonchev–Trinajstić information content (AvgIpc) is 3.46. The predicted molar refractivity (Wildman–Crippen MR) is 353 cm³/mol. The van der Waals surface area contributed by atoms with Crippen LogP contribution in [0, 0.1) is 0 Å². The van der Waals surface area contributed by atoms with Crippen molar-refractivity contribution < 1.29 is 42.1 Å². The van der Waals surface area contributed by atoms with Crippen LogP contribution in [0.15, 0.2) is 109 Å². The zero-order valence-corrected chi connectivity index (χ0v) is 54.6. The molecule has 9 nitrogen and oxygen atoms in total. The Morgan fingerprint density at radius 3 is 1.05 bits per heavy atom. The van der Waals surface area contributed by atoms with Gasteiger partial charge in [-0.15, -0.1) is 0 Å². The molecule has 0 fully saturated rings. The molecule has 82 heavy (non-hydrogen) atoms. The van der Waals surface area contributed by atoms with E-state index >= 15 is 0 Å². The Hall–Kier alpha value is -3.33. The number of hydrogen-bond acceptors (Lipinski definition) is 7. The van der Waals surface area contributed by atoms with E-state index in [2.05, 4.69) is 123 Å². The van der Waals surface area contributed by atoms with E-state index in [1.807, 2.05) is 21.1 Å². The van der Waals surface area contributed by atoms with E-state index in [4.69, 9.17) is 18.5 Å². The van der Waals surface area contributed by atoms with E-state index in [1.54, 1.807) is 0 Å². The maximum absolute atomic E-state index is 12.9. The third kappa shape index (κ3) is 65.8. The molecule has 10 heteroatoms. The molecule has 0 aliphatic carbocycles. The van der Waals surface area contributed by atoms with Gasteiger partial charge >= 0.3 is 19.8 Å². The van der Waals surface area contributed by atoms with Gasteiger partial charge in [-0.05, 0) is 103 Å². The summed E-state index contributed by atoms with van der Waals surface area (Å²) in [5.74, 6) is -0.812. The number of nitrogens with zero attached hydrogens (tertiary/aromatic N) is 1. The number of esters is 2. The molecular formula is C72H127NO8P+. The fourth-order valence-corrected chi connectivity index (χ4v) is 9.89. The number of hydrogen-bond donors (Lipinski definition) is 1. The molecule has 472 valence electrons. The highest BCUT2D eigenvalue weighted by Gasteiger charge is 2.27. The molecule has 2 unspecified atom stereocenters. The Balaban J connectivity index is 4.15. The van der Waals surface area contributed by atoms with Crippen molar-refractivity contribution in [3.8, 4) is 0 Å². The minimum Gasteiger partial charge on any atom is -0.462 e. The number of unbranched alkanes of at least 4 members (excludes halogenated alkanes) is 29. The Bertz CT molecular complexity index is 1750. The minimum atomic E-state index is -4.40. The number of carbonyl (C=O) groups is 2. The maximum Gasteiger partial charge on any atom is 0.472 e. The Morgan fingerprint density at radius 2 is 0.695 bits per heavy atom. The van der Waals surface area contributed by atoms with Gasteiger partial charge in [-0.3, -0.25) is 18.6 Å². The van der Waals surface area contributed by atoms with Crippen molar-refractivity contribution in [1.29, 1.82) is 0 Å². The quantitative estimate of drug-likeness (QED) is 0.0211. The predicted octanol–water partition coefficient (Wildman–Crippen LogP) is 21.7. The monoisotopic (exact) mass is 1160 g/mol. The lowest BCUT2D eigenvalue weighted by Gasteiger charge is -2.24. The van der Waals surface area contributed by atoms with Crippen LogP contribution in [0.3, 0.4) is 0 Å². The van der Waals surface area contributed by atoms with E-state index in [0.717, 1.165) is 109 Å². The fraction of sp³-hybridized carbons (Fsp3) is 0.722. The molecule has 0 saturated heterocycles. The number of phosphoric ester groups is 1. The highest BCUT2D eigenvalue weighted by atomic mass is 31.2. The van der Waals surface area contributed by atoms with Crippen molar-refractivity contribution in [3.05, 3.63) is 109 Å². The molecule has 0 spiro atoms. The standard InChI is InChI=1S/C72H126NO8P/c1-6-8-10-12-14-16-18-20-22-24-26-28-30-32-34-35-36-37-39-41-43-45-47-49-51-53-55-57-59-61-63-65-72(75)81-70(69-80-82(76,77)79-67-66-73(3,4)5)68-78-71(74)64-62-60-58-56-54-52-50-48-46-44-42-40-38-33-31-29-27-25-23-21-19-17-15-13-11-9-7-2/h8,10,14,16,20,22,25-28,32,34,36-37,41,43,47,49,70H,6-7,9,11-13,15,17-19,21,23-24,29-31,33,35,38-40,42,44-46,48,50-69H2,1-5H3/p+1/b10-8-,16-14-,22-20-,27-25-,28-26-,34-32-,37-36-,43-41-,49-47-. The third-order valence-electron chi connectivity index (χ3n) is 14.3. The van der Waals surface area contributed by atoms with Gasteiger partial charge in [-0.25, -0.2) is 4.57 Å². The van der Waals surface area contributed by atoms with Crippen LogP contribution in [-0.4, -0.2) is 74.9 Å². The summed E-state index contributed by atoms with van der Waals surface area (Å²) in [4.78, 5) is 35.8.